The van der Waals surface area contributed by atoms with Gasteiger partial charge in [-0.2, -0.15) is 0 Å². The van der Waals surface area contributed by atoms with Crippen molar-refractivity contribution >= 4 is 35.6 Å². The van der Waals surface area contributed by atoms with Gasteiger partial charge in [0.2, 0.25) is 23.6 Å². The number of nitrogens with zero attached hydrogens (tertiary/aromatic N) is 1. The van der Waals surface area contributed by atoms with Crippen molar-refractivity contribution in [1.29, 1.82) is 0 Å². The standard InChI is InChI=1S/C30H44N6O9/c31-14-2-1-5-20(33-28(42)24-7-4-16-36(24)29(43)21-6-3-15-32-21)26(40)35-23(17-18-8-10-19(37)11-9-18)27(41)34-22(30(44)45)12-13-25(38)39/h8-11,20-24,32,37H,1-7,12-17,31H2,(H,33,42)(H,34,41)(H,35,40)(H,38,39)(H,44,45)/t20-,21-,22-,23-,24-/m0/s1. The van der Waals surface area contributed by atoms with E-state index in [0.717, 1.165) is 13.0 Å². The molecule has 2 aliphatic rings. The van der Waals surface area contributed by atoms with Crippen LogP contribution in [0.4, 0.5) is 0 Å². The number of carbonyl (C=O) groups is 6. The molecule has 248 valence electrons. The zero-order valence-corrected chi connectivity index (χ0v) is 25.2. The van der Waals surface area contributed by atoms with E-state index in [9.17, 15) is 39.0 Å². The largest absolute Gasteiger partial charge is 0.508 e. The summed E-state index contributed by atoms with van der Waals surface area (Å²) in [5.74, 6) is -4.86. The molecule has 3 rings (SSSR count). The number of phenolic OH excluding ortho intramolecular Hbond substituents is 1. The lowest BCUT2D eigenvalue weighted by Crippen LogP contribution is -2.58. The molecule has 0 radical (unpaired) electrons. The van der Waals surface area contributed by atoms with Crippen LogP contribution >= 0.6 is 0 Å². The van der Waals surface area contributed by atoms with E-state index < -0.39 is 60.2 Å². The Balaban J connectivity index is 1.77. The second kappa shape index (κ2) is 17.3. The molecule has 4 amide bonds. The Morgan fingerprint density at radius 2 is 1.58 bits per heavy atom. The summed E-state index contributed by atoms with van der Waals surface area (Å²) in [6.07, 6.45) is 2.94. The summed E-state index contributed by atoms with van der Waals surface area (Å²) in [5, 5.41) is 39.0. The summed E-state index contributed by atoms with van der Waals surface area (Å²) in [4.78, 5) is 77.8. The van der Waals surface area contributed by atoms with E-state index in [0.29, 0.717) is 50.8 Å². The maximum atomic E-state index is 13.6. The molecule has 45 heavy (non-hydrogen) atoms. The minimum Gasteiger partial charge on any atom is -0.508 e. The maximum Gasteiger partial charge on any atom is 0.326 e. The summed E-state index contributed by atoms with van der Waals surface area (Å²) in [6.45, 7) is 1.52. The van der Waals surface area contributed by atoms with Crippen LogP contribution in [0.25, 0.3) is 0 Å². The summed E-state index contributed by atoms with van der Waals surface area (Å²) in [5.41, 5.74) is 6.18. The number of aromatic hydroxyl groups is 1. The lowest BCUT2D eigenvalue weighted by atomic mass is 10.0. The Bertz CT molecular complexity index is 1200. The molecule has 2 fully saturated rings. The minimum atomic E-state index is -1.52. The third-order valence-electron chi connectivity index (χ3n) is 8.05. The number of carboxylic acids is 2. The van der Waals surface area contributed by atoms with Crippen molar-refractivity contribution in [1.82, 2.24) is 26.2 Å². The number of likely N-dealkylation sites (tertiary alicyclic amines) is 1. The number of hydrogen-bond acceptors (Lipinski definition) is 9. The number of carbonyl (C=O) groups excluding carboxylic acids is 4. The molecule has 1 aromatic rings. The lowest BCUT2D eigenvalue weighted by molar-refractivity contribution is -0.143. The number of hydrogen-bond donors (Lipinski definition) is 8. The molecular weight excluding hydrogens is 588 g/mol. The van der Waals surface area contributed by atoms with Gasteiger partial charge in [0.05, 0.1) is 6.04 Å². The molecule has 0 bridgehead atoms. The Hall–Kier alpha value is -4.24. The van der Waals surface area contributed by atoms with Crippen molar-refractivity contribution in [3.05, 3.63) is 29.8 Å². The maximum absolute atomic E-state index is 13.6. The summed E-state index contributed by atoms with van der Waals surface area (Å²) < 4.78 is 0. The highest BCUT2D eigenvalue weighted by Crippen LogP contribution is 2.21. The van der Waals surface area contributed by atoms with Crippen molar-refractivity contribution < 1.29 is 44.1 Å². The van der Waals surface area contributed by atoms with E-state index in [1.807, 2.05) is 0 Å². The molecule has 15 nitrogen and oxygen atoms in total. The molecule has 15 heteroatoms. The zero-order chi connectivity index (χ0) is 32.9. The number of rotatable bonds is 17. The summed E-state index contributed by atoms with van der Waals surface area (Å²) in [6, 6.07) is 0.864. The van der Waals surface area contributed by atoms with Gasteiger partial charge in [-0.1, -0.05) is 12.1 Å². The first-order valence-corrected chi connectivity index (χ1v) is 15.4. The van der Waals surface area contributed by atoms with Gasteiger partial charge < -0.3 is 47.2 Å². The highest BCUT2D eigenvalue weighted by molar-refractivity contribution is 5.95. The van der Waals surface area contributed by atoms with Crippen LogP contribution in [-0.2, 0) is 35.2 Å². The normalized spacial score (nSPS) is 19.7. The Morgan fingerprint density at radius 3 is 2.20 bits per heavy atom. The van der Waals surface area contributed by atoms with Gasteiger partial charge in [-0.25, -0.2) is 4.79 Å². The van der Waals surface area contributed by atoms with Gasteiger partial charge in [0.15, 0.2) is 0 Å². The van der Waals surface area contributed by atoms with Gasteiger partial charge in [0.1, 0.15) is 29.9 Å². The molecule has 1 aromatic carbocycles. The van der Waals surface area contributed by atoms with Gasteiger partial charge in [-0.3, -0.25) is 24.0 Å². The third kappa shape index (κ3) is 10.7. The molecule has 2 heterocycles. The van der Waals surface area contributed by atoms with E-state index >= 15 is 0 Å². The zero-order valence-electron chi connectivity index (χ0n) is 25.2. The van der Waals surface area contributed by atoms with Gasteiger partial charge >= 0.3 is 11.9 Å². The van der Waals surface area contributed by atoms with Crippen LogP contribution in [0.5, 0.6) is 5.75 Å². The van der Waals surface area contributed by atoms with Crippen molar-refractivity contribution in [3.8, 4) is 5.75 Å². The van der Waals surface area contributed by atoms with Gasteiger partial charge in [0.25, 0.3) is 0 Å². The number of nitrogens with one attached hydrogen (secondary N) is 4. The fourth-order valence-corrected chi connectivity index (χ4v) is 5.57. The number of aliphatic carboxylic acids is 2. The summed E-state index contributed by atoms with van der Waals surface area (Å²) >= 11 is 0. The topological polar surface area (TPSA) is 240 Å². The highest BCUT2D eigenvalue weighted by atomic mass is 16.4. The van der Waals surface area contributed by atoms with Gasteiger partial charge in [-0.15, -0.1) is 0 Å². The second-order valence-electron chi connectivity index (χ2n) is 11.4. The summed E-state index contributed by atoms with van der Waals surface area (Å²) in [7, 11) is 0. The Labute approximate surface area is 261 Å². The van der Waals surface area contributed by atoms with E-state index in [4.69, 9.17) is 10.8 Å². The first kappa shape index (κ1) is 35.2. The van der Waals surface area contributed by atoms with E-state index in [1.54, 1.807) is 4.90 Å². The molecule has 0 saturated carbocycles. The van der Waals surface area contributed by atoms with E-state index in [1.165, 1.54) is 24.3 Å². The molecule has 2 aliphatic heterocycles. The highest BCUT2D eigenvalue weighted by Gasteiger charge is 2.39. The number of amides is 4. The Morgan fingerprint density at radius 1 is 0.889 bits per heavy atom. The molecule has 5 atom stereocenters. The number of unbranched alkanes of at least 4 members (excludes halogenated alkanes) is 1. The fourth-order valence-electron chi connectivity index (χ4n) is 5.57. The van der Waals surface area contributed by atoms with Crippen molar-refractivity contribution in [2.45, 2.75) is 94.4 Å². The van der Waals surface area contributed by atoms with Crippen LogP contribution in [0.3, 0.4) is 0 Å². The van der Waals surface area contributed by atoms with Crippen LogP contribution in [0.2, 0.25) is 0 Å². The van der Waals surface area contributed by atoms with Crippen LogP contribution in [0.1, 0.15) is 63.4 Å². The van der Waals surface area contributed by atoms with Crippen LogP contribution < -0.4 is 27.0 Å². The quantitative estimate of drug-likeness (QED) is 0.0990. The van der Waals surface area contributed by atoms with Crippen molar-refractivity contribution in [2.24, 2.45) is 5.73 Å². The van der Waals surface area contributed by atoms with Gasteiger partial charge in [-0.05, 0) is 82.2 Å². The van der Waals surface area contributed by atoms with Crippen molar-refractivity contribution in [3.63, 3.8) is 0 Å². The Kier molecular flexibility index (Phi) is 13.5. The predicted molar refractivity (Wildman–Crippen MR) is 161 cm³/mol. The monoisotopic (exact) mass is 632 g/mol. The number of nitrogens with two attached hydrogens (primary N) is 1. The molecule has 2 saturated heterocycles. The predicted octanol–water partition coefficient (Wildman–Crippen LogP) is -0.789. The SMILES string of the molecule is NCCCC[C@H](NC(=O)[C@@H]1CCCN1C(=O)[C@@H]1CCCN1)C(=O)N[C@@H](Cc1ccc(O)cc1)C(=O)N[C@@H](CCC(=O)O)C(=O)O. The third-order valence-corrected chi connectivity index (χ3v) is 8.05. The fraction of sp³-hybridized carbons (Fsp3) is 0.600. The minimum absolute atomic E-state index is 0.0192. The smallest absolute Gasteiger partial charge is 0.326 e. The van der Waals surface area contributed by atoms with E-state index in [2.05, 4.69) is 21.3 Å². The molecule has 0 aromatic heterocycles. The average molecular weight is 633 g/mol. The van der Waals surface area contributed by atoms with Crippen LogP contribution in [0.15, 0.2) is 24.3 Å². The molecule has 0 unspecified atom stereocenters. The van der Waals surface area contributed by atoms with Gasteiger partial charge in [0, 0.05) is 19.4 Å². The number of benzene rings is 1. The van der Waals surface area contributed by atoms with E-state index in [-0.39, 0.29) is 37.0 Å². The lowest BCUT2D eigenvalue weighted by Gasteiger charge is -2.29. The van der Waals surface area contributed by atoms with Crippen molar-refractivity contribution in [2.75, 3.05) is 19.6 Å². The molecule has 0 aliphatic carbocycles. The molecule has 0 spiro atoms. The van der Waals surface area contributed by atoms with Crippen LogP contribution in [0, 0.1) is 0 Å². The second-order valence-corrected chi connectivity index (χ2v) is 11.4. The average Bonchev–Trinajstić information content (AvgIpc) is 3.72. The van der Waals surface area contributed by atoms with Crippen LogP contribution in [-0.4, -0.2) is 106 Å². The first-order valence-electron chi connectivity index (χ1n) is 15.4. The first-order chi connectivity index (χ1) is 21.5. The number of phenols is 1. The molecular formula is C30H44N6O9. The molecule has 9 N–H and O–H groups in total. The number of carboxylic acid groups (broad SMARTS) is 2.